The highest BCUT2D eigenvalue weighted by atomic mass is 32.2. The van der Waals surface area contributed by atoms with Crippen LogP contribution in [0.15, 0.2) is 65.6 Å². The first-order chi connectivity index (χ1) is 20.0. The number of alkyl halides is 5. The number of carbonyl (C=O) groups is 1. The number of carboxylic acid groups (broad SMARTS) is 1. The van der Waals surface area contributed by atoms with E-state index in [-0.39, 0.29) is 41.4 Å². The number of fused-ring (bicyclic) bond motifs is 1. The van der Waals surface area contributed by atoms with Gasteiger partial charge in [-0.2, -0.15) is 22.0 Å². The minimum atomic E-state index is -4.81. The van der Waals surface area contributed by atoms with Crippen LogP contribution in [0.5, 0.6) is 11.5 Å². The van der Waals surface area contributed by atoms with Gasteiger partial charge in [0.05, 0.1) is 28.1 Å². The highest BCUT2D eigenvalue weighted by Crippen LogP contribution is 2.49. The summed E-state index contributed by atoms with van der Waals surface area (Å²) >= 11 is 0. The number of sulfonamides is 1. The molecule has 43 heavy (non-hydrogen) atoms. The zero-order valence-corrected chi connectivity index (χ0v) is 23.3. The molecule has 0 unspecified atom stereocenters. The highest BCUT2D eigenvalue weighted by Gasteiger charge is 2.48. The summed E-state index contributed by atoms with van der Waals surface area (Å²) in [4.78, 5) is 10.9. The Labute approximate surface area is 242 Å². The van der Waals surface area contributed by atoms with Gasteiger partial charge in [-0.25, -0.2) is 12.8 Å². The SMILES string of the molecule is CC1(C(=O)O)CC(C[C@H]2CN(S(=O)(=O)c3cccc(C(F)(F)F)c3)c3cc(-c4cc(F)cc(OC(F)F)c4)ccc3O2)C1. The van der Waals surface area contributed by atoms with E-state index in [9.17, 15) is 44.7 Å². The number of halogens is 6. The second-order valence-electron chi connectivity index (χ2n) is 10.9. The van der Waals surface area contributed by atoms with Crippen molar-refractivity contribution in [1.82, 2.24) is 0 Å². The molecule has 3 aromatic rings. The monoisotopic (exact) mass is 629 g/mol. The van der Waals surface area contributed by atoms with Crippen molar-refractivity contribution in [3.63, 3.8) is 0 Å². The summed E-state index contributed by atoms with van der Waals surface area (Å²) in [5.74, 6) is -2.34. The van der Waals surface area contributed by atoms with E-state index >= 15 is 0 Å². The fourth-order valence-corrected chi connectivity index (χ4v) is 7.17. The molecule has 2 aliphatic rings. The van der Waals surface area contributed by atoms with Gasteiger partial charge in [0.15, 0.2) is 0 Å². The molecular weight excluding hydrogens is 604 g/mol. The molecule has 230 valence electrons. The number of ether oxygens (including phenoxy) is 2. The Bertz CT molecular complexity index is 1660. The Morgan fingerprint density at radius 2 is 1.81 bits per heavy atom. The number of benzene rings is 3. The van der Waals surface area contributed by atoms with E-state index in [0.29, 0.717) is 18.9 Å². The third kappa shape index (κ3) is 6.24. The number of aliphatic carboxylic acids is 1. The summed E-state index contributed by atoms with van der Waals surface area (Å²) in [6.07, 6.45) is -4.59. The molecule has 1 atom stereocenters. The summed E-state index contributed by atoms with van der Waals surface area (Å²) in [7, 11) is -4.62. The summed E-state index contributed by atoms with van der Waals surface area (Å²) in [5, 5.41) is 9.43. The molecule has 1 aliphatic heterocycles. The third-order valence-corrected chi connectivity index (χ3v) is 9.44. The van der Waals surface area contributed by atoms with Gasteiger partial charge in [0.2, 0.25) is 0 Å². The van der Waals surface area contributed by atoms with E-state index in [0.717, 1.165) is 40.7 Å². The molecule has 1 fully saturated rings. The number of nitrogens with zero attached hydrogens (tertiary/aromatic N) is 1. The number of hydrogen-bond acceptors (Lipinski definition) is 5. The predicted octanol–water partition coefficient (Wildman–Crippen LogP) is 6.96. The third-order valence-electron chi connectivity index (χ3n) is 7.66. The molecule has 5 rings (SSSR count). The Hall–Kier alpha value is -3.94. The normalized spacial score (nSPS) is 22.0. The molecule has 0 amide bonds. The minimum absolute atomic E-state index is 0.0595. The molecule has 0 saturated heterocycles. The second-order valence-corrected chi connectivity index (χ2v) is 12.8. The first-order valence-electron chi connectivity index (χ1n) is 13.0. The highest BCUT2D eigenvalue weighted by molar-refractivity contribution is 7.92. The number of hydrogen-bond donors (Lipinski definition) is 1. The molecule has 1 saturated carbocycles. The Morgan fingerprint density at radius 3 is 2.47 bits per heavy atom. The maximum Gasteiger partial charge on any atom is 0.416 e. The number of anilines is 1. The largest absolute Gasteiger partial charge is 0.486 e. The summed E-state index contributed by atoms with van der Waals surface area (Å²) in [6.45, 7) is -1.92. The second kappa shape index (κ2) is 11.0. The van der Waals surface area contributed by atoms with Crippen LogP contribution in [0, 0.1) is 17.2 Å². The van der Waals surface area contributed by atoms with Crippen LogP contribution in [0.1, 0.15) is 31.7 Å². The molecule has 0 bridgehead atoms. The standard InChI is InChI=1S/C29H25F6NO6S/c1-28(26(37)38)13-16(14-28)7-22-15-36(43(39,40)23-4-2-3-19(11-23)29(33,34)35)24-10-17(5-6-25(24)41-22)18-8-20(30)12-21(9-18)42-27(31)32/h2-6,8-12,16,22,27H,7,13-15H2,1H3,(H,37,38)/t16?,22-,28?/m0/s1. The van der Waals surface area contributed by atoms with Crippen LogP contribution in [0.2, 0.25) is 0 Å². The van der Waals surface area contributed by atoms with Crippen molar-refractivity contribution in [3.8, 4) is 22.6 Å². The van der Waals surface area contributed by atoms with Crippen LogP contribution >= 0.6 is 0 Å². The predicted molar refractivity (Wildman–Crippen MR) is 142 cm³/mol. The van der Waals surface area contributed by atoms with E-state index in [2.05, 4.69) is 4.74 Å². The van der Waals surface area contributed by atoms with E-state index in [1.165, 1.54) is 18.2 Å². The lowest BCUT2D eigenvalue weighted by molar-refractivity contribution is -0.157. The van der Waals surface area contributed by atoms with Crippen molar-refractivity contribution < 1.29 is 54.1 Å². The number of rotatable bonds is 8. The Morgan fingerprint density at radius 1 is 1.09 bits per heavy atom. The first kappa shape index (κ1) is 30.5. The van der Waals surface area contributed by atoms with E-state index in [1.54, 1.807) is 6.92 Å². The zero-order chi connectivity index (χ0) is 31.3. The maximum atomic E-state index is 14.3. The molecule has 0 aromatic heterocycles. The molecule has 3 aromatic carbocycles. The lowest BCUT2D eigenvalue weighted by Crippen LogP contribution is -2.47. The molecule has 0 spiro atoms. The maximum absolute atomic E-state index is 14.3. The van der Waals surface area contributed by atoms with Gasteiger partial charge in [0.1, 0.15) is 23.4 Å². The van der Waals surface area contributed by atoms with Crippen molar-refractivity contribution in [3.05, 3.63) is 72.0 Å². The van der Waals surface area contributed by atoms with Crippen molar-refractivity contribution >= 4 is 21.7 Å². The van der Waals surface area contributed by atoms with E-state index in [4.69, 9.17) is 4.74 Å². The van der Waals surface area contributed by atoms with Crippen molar-refractivity contribution in [1.29, 1.82) is 0 Å². The summed E-state index contributed by atoms with van der Waals surface area (Å²) in [5.41, 5.74) is -1.87. The Kier molecular flexibility index (Phi) is 7.78. The van der Waals surface area contributed by atoms with Crippen molar-refractivity contribution in [2.45, 2.75) is 50.0 Å². The van der Waals surface area contributed by atoms with Gasteiger partial charge in [0, 0.05) is 6.07 Å². The smallest absolute Gasteiger partial charge is 0.416 e. The molecule has 14 heteroatoms. The van der Waals surface area contributed by atoms with Gasteiger partial charge < -0.3 is 14.6 Å². The molecule has 7 nitrogen and oxygen atoms in total. The lowest BCUT2D eigenvalue weighted by Gasteiger charge is -2.44. The van der Waals surface area contributed by atoms with Gasteiger partial charge in [-0.3, -0.25) is 9.10 Å². The molecular formula is C29H25F6NO6S. The van der Waals surface area contributed by atoms with Gasteiger partial charge in [-0.15, -0.1) is 0 Å². The van der Waals surface area contributed by atoms with Crippen LogP contribution in [-0.4, -0.2) is 38.8 Å². The Balaban J connectivity index is 1.54. The van der Waals surface area contributed by atoms with Crippen LogP contribution in [0.4, 0.5) is 32.0 Å². The van der Waals surface area contributed by atoms with Crippen LogP contribution < -0.4 is 13.8 Å². The number of carboxylic acids is 1. The van der Waals surface area contributed by atoms with Crippen LogP contribution in [0.25, 0.3) is 11.1 Å². The molecule has 1 aliphatic carbocycles. The van der Waals surface area contributed by atoms with Gasteiger partial charge in [0.25, 0.3) is 10.0 Å². The van der Waals surface area contributed by atoms with Crippen LogP contribution in [-0.2, 0) is 21.0 Å². The van der Waals surface area contributed by atoms with Crippen LogP contribution in [0.3, 0.4) is 0 Å². The summed E-state index contributed by atoms with van der Waals surface area (Å²) in [6, 6.07) is 10.3. The zero-order valence-electron chi connectivity index (χ0n) is 22.4. The van der Waals surface area contributed by atoms with Gasteiger partial charge in [-0.05, 0) is 85.7 Å². The quantitative estimate of drug-likeness (QED) is 0.271. The van der Waals surface area contributed by atoms with Crippen molar-refractivity contribution in [2.75, 3.05) is 10.8 Å². The fourth-order valence-electron chi connectivity index (χ4n) is 5.63. The van der Waals surface area contributed by atoms with Crippen molar-refractivity contribution in [2.24, 2.45) is 11.3 Å². The molecule has 1 heterocycles. The molecule has 1 N–H and O–H groups in total. The van der Waals surface area contributed by atoms with Gasteiger partial charge in [-0.1, -0.05) is 12.1 Å². The molecule has 0 radical (unpaired) electrons. The van der Waals surface area contributed by atoms with Gasteiger partial charge >= 0.3 is 18.8 Å². The average molecular weight is 630 g/mol. The minimum Gasteiger partial charge on any atom is -0.486 e. The van der Waals surface area contributed by atoms with E-state index < -0.39 is 62.3 Å². The lowest BCUT2D eigenvalue weighted by atomic mass is 9.61. The summed E-state index contributed by atoms with van der Waals surface area (Å²) < 4.78 is 119. The topological polar surface area (TPSA) is 93.1 Å². The fraction of sp³-hybridized carbons (Fsp3) is 0.345. The average Bonchev–Trinajstić information content (AvgIpc) is 2.90. The first-order valence-corrected chi connectivity index (χ1v) is 14.5. The van der Waals surface area contributed by atoms with E-state index in [1.807, 2.05) is 0 Å².